The number of hydrogen-bond donors (Lipinski definition) is 0. The van der Waals surface area contributed by atoms with Crippen LogP contribution in [0.1, 0.15) is 25.8 Å². The van der Waals surface area contributed by atoms with E-state index in [1.165, 1.54) is 5.56 Å². The molecule has 3 nitrogen and oxygen atoms in total. The molecule has 86 valence electrons. The minimum atomic E-state index is 0.595. The lowest BCUT2D eigenvalue weighted by Gasteiger charge is -2.23. The lowest BCUT2D eigenvalue weighted by Crippen LogP contribution is -2.28. The van der Waals surface area contributed by atoms with Gasteiger partial charge in [0.1, 0.15) is 0 Å². The van der Waals surface area contributed by atoms with Crippen molar-refractivity contribution in [2.45, 2.75) is 26.8 Å². The largest absolute Gasteiger partial charge is 0.298 e. The van der Waals surface area contributed by atoms with Gasteiger partial charge < -0.3 is 0 Å². The quantitative estimate of drug-likeness (QED) is 0.734. The van der Waals surface area contributed by atoms with Gasteiger partial charge in [-0.1, -0.05) is 13.8 Å². The minimum Gasteiger partial charge on any atom is -0.298 e. The molecule has 0 amide bonds. The van der Waals surface area contributed by atoms with Gasteiger partial charge in [-0.2, -0.15) is 5.26 Å². The average Bonchev–Trinajstić information content (AvgIpc) is 2.26. The van der Waals surface area contributed by atoms with Crippen LogP contribution >= 0.6 is 0 Å². The fraction of sp³-hybridized carbons (Fsp3) is 0.538. The Morgan fingerprint density at radius 2 is 2.06 bits per heavy atom. The van der Waals surface area contributed by atoms with Crippen LogP contribution in [0.2, 0.25) is 0 Å². The van der Waals surface area contributed by atoms with E-state index in [4.69, 9.17) is 5.26 Å². The van der Waals surface area contributed by atoms with E-state index in [1.54, 1.807) is 0 Å². The standard InChI is InChI=1S/C13H19N3/c1-12(2)10-16(9-3-6-14)11-13-4-7-15-8-5-13/h4-5,7-8,12H,3,9-11H2,1-2H3. The highest BCUT2D eigenvalue weighted by atomic mass is 15.1. The highest BCUT2D eigenvalue weighted by Crippen LogP contribution is 2.06. The number of rotatable bonds is 6. The second-order valence-corrected chi connectivity index (χ2v) is 4.39. The van der Waals surface area contributed by atoms with Crippen LogP contribution in [-0.4, -0.2) is 23.0 Å². The Hall–Kier alpha value is -1.40. The monoisotopic (exact) mass is 217 g/mol. The van der Waals surface area contributed by atoms with Crippen molar-refractivity contribution in [1.82, 2.24) is 9.88 Å². The summed E-state index contributed by atoms with van der Waals surface area (Å²) in [6, 6.07) is 6.26. The van der Waals surface area contributed by atoms with Crippen molar-refractivity contribution in [1.29, 1.82) is 5.26 Å². The lowest BCUT2D eigenvalue weighted by molar-refractivity contribution is 0.241. The fourth-order valence-electron chi connectivity index (χ4n) is 1.71. The van der Waals surface area contributed by atoms with E-state index < -0.39 is 0 Å². The number of nitrogens with zero attached hydrogens (tertiary/aromatic N) is 3. The van der Waals surface area contributed by atoms with Crippen molar-refractivity contribution in [2.24, 2.45) is 5.92 Å². The fourth-order valence-corrected chi connectivity index (χ4v) is 1.71. The third-order valence-electron chi connectivity index (χ3n) is 2.32. The van der Waals surface area contributed by atoms with E-state index in [0.29, 0.717) is 12.3 Å². The van der Waals surface area contributed by atoms with E-state index in [0.717, 1.165) is 19.6 Å². The van der Waals surface area contributed by atoms with Gasteiger partial charge in [0.05, 0.1) is 6.07 Å². The zero-order chi connectivity index (χ0) is 11.8. The second-order valence-electron chi connectivity index (χ2n) is 4.39. The molecule has 0 aliphatic carbocycles. The van der Waals surface area contributed by atoms with Gasteiger partial charge in [-0.15, -0.1) is 0 Å². The molecule has 3 heteroatoms. The van der Waals surface area contributed by atoms with Gasteiger partial charge in [0.15, 0.2) is 0 Å². The first-order valence-electron chi connectivity index (χ1n) is 5.70. The summed E-state index contributed by atoms with van der Waals surface area (Å²) in [4.78, 5) is 6.33. The molecule has 0 atom stereocenters. The molecular weight excluding hydrogens is 198 g/mol. The molecule has 0 saturated carbocycles. The molecule has 0 spiro atoms. The molecule has 1 heterocycles. The van der Waals surface area contributed by atoms with Gasteiger partial charge in [0, 0.05) is 38.4 Å². The molecule has 1 aromatic heterocycles. The summed E-state index contributed by atoms with van der Waals surface area (Å²) in [6.07, 6.45) is 4.22. The summed E-state index contributed by atoms with van der Waals surface area (Å²) in [5.41, 5.74) is 1.26. The Balaban J connectivity index is 2.53. The van der Waals surface area contributed by atoms with Crippen LogP contribution in [0.3, 0.4) is 0 Å². The van der Waals surface area contributed by atoms with Gasteiger partial charge in [-0.05, 0) is 23.6 Å². The van der Waals surface area contributed by atoms with E-state index in [9.17, 15) is 0 Å². The first-order valence-corrected chi connectivity index (χ1v) is 5.70. The van der Waals surface area contributed by atoms with Gasteiger partial charge in [0.25, 0.3) is 0 Å². The molecule has 0 saturated heterocycles. The Morgan fingerprint density at radius 1 is 1.38 bits per heavy atom. The molecular formula is C13H19N3. The maximum absolute atomic E-state index is 8.63. The normalized spacial score (nSPS) is 10.7. The number of nitriles is 1. The molecule has 0 radical (unpaired) electrons. The first kappa shape index (κ1) is 12.7. The van der Waals surface area contributed by atoms with Crippen LogP contribution in [0.4, 0.5) is 0 Å². The van der Waals surface area contributed by atoms with Crippen molar-refractivity contribution >= 4 is 0 Å². The number of hydrogen-bond acceptors (Lipinski definition) is 3. The molecule has 0 aliphatic heterocycles. The van der Waals surface area contributed by atoms with Crippen LogP contribution in [-0.2, 0) is 6.54 Å². The summed E-state index contributed by atoms with van der Waals surface area (Å²) in [7, 11) is 0. The number of pyridine rings is 1. The minimum absolute atomic E-state index is 0.595. The van der Waals surface area contributed by atoms with Crippen molar-refractivity contribution in [2.75, 3.05) is 13.1 Å². The van der Waals surface area contributed by atoms with Crippen LogP contribution in [0.15, 0.2) is 24.5 Å². The highest BCUT2D eigenvalue weighted by Gasteiger charge is 2.07. The molecule has 1 rings (SSSR count). The summed E-state index contributed by atoms with van der Waals surface area (Å²) in [5, 5.41) is 8.63. The van der Waals surface area contributed by atoms with Gasteiger partial charge in [0.2, 0.25) is 0 Å². The predicted octanol–water partition coefficient (Wildman–Crippen LogP) is 2.45. The van der Waals surface area contributed by atoms with Gasteiger partial charge >= 0.3 is 0 Å². The molecule has 0 aromatic carbocycles. The van der Waals surface area contributed by atoms with Gasteiger partial charge in [-0.3, -0.25) is 9.88 Å². The van der Waals surface area contributed by atoms with Crippen LogP contribution in [0, 0.1) is 17.2 Å². The van der Waals surface area contributed by atoms with E-state index >= 15 is 0 Å². The SMILES string of the molecule is CC(C)CN(CCC#N)Cc1ccncc1. The topological polar surface area (TPSA) is 39.9 Å². The molecule has 0 N–H and O–H groups in total. The van der Waals surface area contributed by atoms with Gasteiger partial charge in [-0.25, -0.2) is 0 Å². The van der Waals surface area contributed by atoms with Crippen LogP contribution in [0.25, 0.3) is 0 Å². The van der Waals surface area contributed by atoms with E-state index in [-0.39, 0.29) is 0 Å². The third-order valence-corrected chi connectivity index (χ3v) is 2.32. The highest BCUT2D eigenvalue weighted by molar-refractivity contribution is 5.09. The number of aromatic nitrogens is 1. The summed E-state index contributed by atoms with van der Waals surface area (Å²) >= 11 is 0. The Kier molecular flexibility index (Phi) is 5.52. The van der Waals surface area contributed by atoms with Crippen molar-refractivity contribution < 1.29 is 0 Å². The summed E-state index contributed by atoms with van der Waals surface area (Å²) in [5.74, 6) is 0.625. The van der Waals surface area contributed by atoms with E-state index in [1.807, 2.05) is 24.5 Å². The van der Waals surface area contributed by atoms with Crippen LogP contribution in [0.5, 0.6) is 0 Å². The van der Waals surface area contributed by atoms with Crippen molar-refractivity contribution in [3.63, 3.8) is 0 Å². The maximum Gasteiger partial charge on any atom is 0.0635 e. The Labute approximate surface area is 97.7 Å². The Bertz CT molecular complexity index is 327. The zero-order valence-corrected chi connectivity index (χ0v) is 10.1. The smallest absolute Gasteiger partial charge is 0.0635 e. The lowest BCUT2D eigenvalue weighted by atomic mass is 10.1. The van der Waals surface area contributed by atoms with Crippen LogP contribution < -0.4 is 0 Å². The first-order chi connectivity index (χ1) is 7.72. The average molecular weight is 217 g/mol. The Morgan fingerprint density at radius 3 is 2.62 bits per heavy atom. The molecule has 0 unspecified atom stereocenters. The summed E-state index contributed by atoms with van der Waals surface area (Å²) in [6.45, 7) is 7.18. The molecule has 0 fully saturated rings. The van der Waals surface area contributed by atoms with Crippen molar-refractivity contribution in [3.8, 4) is 6.07 Å². The molecule has 0 aliphatic rings. The third kappa shape index (κ3) is 4.90. The predicted molar refractivity (Wildman–Crippen MR) is 64.6 cm³/mol. The molecule has 0 bridgehead atoms. The van der Waals surface area contributed by atoms with Crippen molar-refractivity contribution in [3.05, 3.63) is 30.1 Å². The molecule has 1 aromatic rings. The maximum atomic E-state index is 8.63. The zero-order valence-electron chi connectivity index (χ0n) is 10.1. The summed E-state index contributed by atoms with van der Waals surface area (Å²) < 4.78 is 0. The molecule has 16 heavy (non-hydrogen) atoms. The van der Waals surface area contributed by atoms with E-state index in [2.05, 4.69) is 29.8 Å². The second kappa shape index (κ2) is 6.97.